The van der Waals surface area contributed by atoms with E-state index in [9.17, 15) is 4.79 Å². The summed E-state index contributed by atoms with van der Waals surface area (Å²) in [7, 11) is 3.84. The van der Waals surface area contributed by atoms with Crippen LogP contribution in [-0.2, 0) is 9.53 Å². The largest absolute Gasteiger partial charge is 0.463 e. The Morgan fingerprint density at radius 2 is 2.17 bits per heavy atom. The van der Waals surface area contributed by atoms with Gasteiger partial charge in [-0.25, -0.2) is 9.97 Å². The van der Waals surface area contributed by atoms with E-state index in [-0.39, 0.29) is 24.0 Å². The minimum Gasteiger partial charge on any atom is -0.463 e. The predicted octanol–water partition coefficient (Wildman–Crippen LogP) is 0.423. The molecule has 126 valence electrons. The molecule has 0 N–H and O–H groups in total. The quantitative estimate of drug-likeness (QED) is 0.783. The fourth-order valence-electron chi connectivity index (χ4n) is 3.45. The van der Waals surface area contributed by atoms with Crippen LogP contribution in [0.15, 0.2) is 18.5 Å². The molecule has 1 saturated heterocycles. The van der Waals surface area contributed by atoms with Crippen LogP contribution in [0.3, 0.4) is 0 Å². The monoisotopic (exact) mass is 320 g/mol. The molecule has 3 atom stereocenters. The van der Waals surface area contributed by atoms with Crippen LogP contribution < -0.4 is 4.74 Å². The van der Waals surface area contributed by atoms with Crippen molar-refractivity contribution in [1.82, 2.24) is 19.8 Å². The Kier molecular flexibility index (Phi) is 5.07. The number of morpholine rings is 1. The fraction of sp³-hybridized carbons (Fsp3) is 0.688. The minimum atomic E-state index is 0.0542. The smallest absolute Gasteiger partial charge is 0.316 e. The van der Waals surface area contributed by atoms with Gasteiger partial charge in [-0.3, -0.25) is 4.79 Å². The lowest BCUT2D eigenvalue weighted by Crippen LogP contribution is -2.54. The molecule has 1 aromatic heterocycles. The van der Waals surface area contributed by atoms with Gasteiger partial charge in [-0.2, -0.15) is 0 Å². The van der Waals surface area contributed by atoms with Gasteiger partial charge in [0, 0.05) is 24.9 Å². The summed E-state index contributed by atoms with van der Waals surface area (Å²) in [5.41, 5.74) is 0. The van der Waals surface area contributed by atoms with E-state index >= 15 is 0 Å². The topological polar surface area (TPSA) is 67.8 Å². The van der Waals surface area contributed by atoms with E-state index in [1.54, 1.807) is 18.5 Å². The second kappa shape index (κ2) is 7.23. The highest BCUT2D eigenvalue weighted by molar-refractivity contribution is 5.78. The summed E-state index contributed by atoms with van der Waals surface area (Å²) in [5.74, 6) is 0.458. The SMILES string of the molecule is CN(C)CC(=O)N1CCO[C@@H]2[C@@H](COc3ncccn3)CC[C@@H]21. The third kappa shape index (κ3) is 3.79. The van der Waals surface area contributed by atoms with E-state index in [4.69, 9.17) is 9.47 Å². The average molecular weight is 320 g/mol. The van der Waals surface area contributed by atoms with Gasteiger partial charge in [0.25, 0.3) is 0 Å². The summed E-state index contributed by atoms with van der Waals surface area (Å²) in [6.07, 6.45) is 5.34. The van der Waals surface area contributed by atoms with Crippen molar-refractivity contribution in [1.29, 1.82) is 0 Å². The molecule has 1 aromatic rings. The van der Waals surface area contributed by atoms with Gasteiger partial charge in [-0.1, -0.05) is 0 Å². The van der Waals surface area contributed by atoms with E-state index < -0.39 is 0 Å². The maximum Gasteiger partial charge on any atom is 0.316 e. The molecule has 1 aliphatic carbocycles. The molecular weight excluding hydrogens is 296 g/mol. The summed E-state index contributed by atoms with van der Waals surface area (Å²) in [6.45, 7) is 2.25. The molecule has 2 heterocycles. The molecule has 0 bridgehead atoms. The molecule has 1 aliphatic heterocycles. The maximum atomic E-state index is 12.4. The Hall–Kier alpha value is -1.73. The van der Waals surface area contributed by atoms with Crippen LogP contribution in [0.2, 0.25) is 0 Å². The Bertz CT molecular complexity index is 525. The van der Waals surface area contributed by atoms with Crippen LogP contribution in [0.25, 0.3) is 0 Å². The van der Waals surface area contributed by atoms with Gasteiger partial charge in [-0.15, -0.1) is 0 Å². The lowest BCUT2D eigenvalue weighted by molar-refractivity contribution is -0.147. The second-order valence-corrected chi connectivity index (χ2v) is 6.41. The zero-order chi connectivity index (χ0) is 16.2. The van der Waals surface area contributed by atoms with Crippen molar-refractivity contribution < 1.29 is 14.3 Å². The van der Waals surface area contributed by atoms with Crippen molar-refractivity contribution in [3.63, 3.8) is 0 Å². The molecule has 23 heavy (non-hydrogen) atoms. The van der Waals surface area contributed by atoms with Crippen molar-refractivity contribution in [2.45, 2.75) is 25.0 Å². The molecule has 0 aromatic carbocycles. The number of hydrogen-bond acceptors (Lipinski definition) is 6. The normalized spacial score (nSPS) is 27.1. The molecule has 2 aliphatic rings. The minimum absolute atomic E-state index is 0.0542. The highest BCUT2D eigenvalue weighted by atomic mass is 16.5. The summed E-state index contributed by atoms with van der Waals surface area (Å²) in [6, 6.07) is 2.32. The summed E-state index contributed by atoms with van der Waals surface area (Å²) in [4.78, 5) is 24.5. The molecule has 1 amide bonds. The molecule has 0 spiro atoms. The second-order valence-electron chi connectivity index (χ2n) is 6.41. The zero-order valence-electron chi connectivity index (χ0n) is 13.7. The van der Waals surface area contributed by atoms with Crippen molar-refractivity contribution in [2.24, 2.45) is 5.92 Å². The van der Waals surface area contributed by atoms with Gasteiger partial charge >= 0.3 is 6.01 Å². The molecule has 1 saturated carbocycles. The average Bonchev–Trinajstić information content (AvgIpc) is 2.96. The number of carbonyl (C=O) groups is 1. The first kappa shape index (κ1) is 16.1. The first-order valence-electron chi connectivity index (χ1n) is 8.11. The first-order valence-corrected chi connectivity index (χ1v) is 8.11. The standard InChI is InChI=1S/C16H24N4O3/c1-19(2)10-14(21)20-8-9-22-15-12(4-5-13(15)20)11-23-16-17-6-3-7-18-16/h3,6-7,12-13,15H,4-5,8-11H2,1-2H3/t12-,13+,15-/m1/s1. The van der Waals surface area contributed by atoms with Gasteiger partial charge in [0.1, 0.15) is 0 Å². The van der Waals surface area contributed by atoms with Crippen molar-refractivity contribution in [3.8, 4) is 6.01 Å². The van der Waals surface area contributed by atoms with Crippen LogP contribution in [0.1, 0.15) is 12.8 Å². The number of fused-ring (bicyclic) bond motifs is 1. The lowest BCUT2D eigenvalue weighted by atomic mass is 10.0. The Balaban J connectivity index is 1.58. The van der Waals surface area contributed by atoms with Gasteiger partial charge in [-0.05, 0) is 33.0 Å². The number of likely N-dealkylation sites (N-methyl/N-ethyl adjacent to an activating group) is 1. The van der Waals surface area contributed by atoms with E-state index in [1.807, 2.05) is 23.9 Å². The highest BCUT2D eigenvalue weighted by Gasteiger charge is 2.44. The third-order valence-electron chi connectivity index (χ3n) is 4.46. The Morgan fingerprint density at radius 1 is 1.39 bits per heavy atom. The molecule has 0 radical (unpaired) electrons. The van der Waals surface area contributed by atoms with Crippen molar-refractivity contribution in [2.75, 3.05) is 40.4 Å². The van der Waals surface area contributed by atoms with Crippen LogP contribution >= 0.6 is 0 Å². The number of aromatic nitrogens is 2. The maximum absolute atomic E-state index is 12.4. The van der Waals surface area contributed by atoms with Crippen LogP contribution in [0.5, 0.6) is 6.01 Å². The lowest BCUT2D eigenvalue weighted by Gasteiger charge is -2.39. The van der Waals surface area contributed by atoms with Crippen LogP contribution in [0.4, 0.5) is 0 Å². The number of ether oxygens (including phenoxy) is 2. The van der Waals surface area contributed by atoms with E-state index in [0.29, 0.717) is 32.3 Å². The molecule has 3 rings (SSSR count). The Labute approximate surface area is 136 Å². The number of hydrogen-bond donors (Lipinski definition) is 0. The molecular formula is C16H24N4O3. The van der Waals surface area contributed by atoms with Gasteiger partial charge < -0.3 is 19.3 Å². The van der Waals surface area contributed by atoms with Gasteiger partial charge in [0.15, 0.2) is 0 Å². The van der Waals surface area contributed by atoms with E-state index in [2.05, 4.69) is 9.97 Å². The molecule has 2 fully saturated rings. The number of amides is 1. The van der Waals surface area contributed by atoms with Crippen molar-refractivity contribution >= 4 is 5.91 Å². The molecule has 7 heteroatoms. The zero-order valence-corrected chi connectivity index (χ0v) is 13.7. The van der Waals surface area contributed by atoms with Gasteiger partial charge in [0.05, 0.1) is 31.9 Å². The molecule has 7 nitrogen and oxygen atoms in total. The number of nitrogens with zero attached hydrogens (tertiary/aromatic N) is 4. The van der Waals surface area contributed by atoms with Crippen molar-refractivity contribution in [3.05, 3.63) is 18.5 Å². The Morgan fingerprint density at radius 3 is 2.91 bits per heavy atom. The van der Waals surface area contributed by atoms with E-state index in [0.717, 1.165) is 12.8 Å². The highest BCUT2D eigenvalue weighted by Crippen LogP contribution is 2.35. The summed E-state index contributed by atoms with van der Waals surface area (Å²) < 4.78 is 11.6. The first-order chi connectivity index (χ1) is 11.1. The summed E-state index contributed by atoms with van der Waals surface area (Å²) >= 11 is 0. The molecule has 0 unspecified atom stereocenters. The van der Waals surface area contributed by atoms with Crippen LogP contribution in [0, 0.1) is 5.92 Å². The summed E-state index contributed by atoms with van der Waals surface area (Å²) in [5, 5.41) is 0. The number of rotatable bonds is 5. The number of carbonyl (C=O) groups excluding carboxylic acids is 1. The van der Waals surface area contributed by atoms with E-state index in [1.165, 1.54) is 0 Å². The van der Waals surface area contributed by atoms with Gasteiger partial charge in [0.2, 0.25) is 5.91 Å². The third-order valence-corrected chi connectivity index (χ3v) is 4.46. The predicted molar refractivity (Wildman–Crippen MR) is 84.0 cm³/mol. The van der Waals surface area contributed by atoms with Crippen LogP contribution in [-0.4, -0.2) is 78.2 Å². The fourth-order valence-corrected chi connectivity index (χ4v) is 3.45.